The highest BCUT2D eigenvalue weighted by Gasteiger charge is 2.43. The van der Waals surface area contributed by atoms with Gasteiger partial charge in [-0.25, -0.2) is 0 Å². The molecule has 0 spiro atoms. The molecule has 5 heteroatoms. The lowest BCUT2D eigenvalue weighted by atomic mass is 9.69. The molecule has 1 heterocycles. The van der Waals surface area contributed by atoms with Crippen LogP contribution in [0.1, 0.15) is 44.1 Å². The predicted octanol–water partition coefficient (Wildman–Crippen LogP) is 3.79. The summed E-state index contributed by atoms with van der Waals surface area (Å²) in [6.07, 6.45) is 4.97. The van der Waals surface area contributed by atoms with Crippen LogP contribution in [0.2, 0.25) is 5.02 Å². The number of benzene rings is 1. The van der Waals surface area contributed by atoms with E-state index in [-0.39, 0.29) is 0 Å². The first kappa shape index (κ1) is 14.5. The first-order valence-electron chi connectivity index (χ1n) is 7.46. The quantitative estimate of drug-likeness (QED) is 0.903. The van der Waals surface area contributed by atoms with E-state index in [0.717, 1.165) is 25.7 Å². The van der Waals surface area contributed by atoms with Gasteiger partial charge in [0.25, 0.3) is 0 Å². The Morgan fingerprint density at radius 3 is 2.29 bits per heavy atom. The van der Waals surface area contributed by atoms with Crippen LogP contribution in [-0.2, 0) is 10.2 Å². The number of carboxylic acids is 1. The molecule has 0 bridgehead atoms. The van der Waals surface area contributed by atoms with Gasteiger partial charge in [0.15, 0.2) is 11.5 Å². The second-order valence-corrected chi connectivity index (χ2v) is 6.18. The van der Waals surface area contributed by atoms with Gasteiger partial charge in [-0.1, -0.05) is 30.9 Å². The van der Waals surface area contributed by atoms with Crippen LogP contribution in [0.4, 0.5) is 0 Å². The van der Waals surface area contributed by atoms with E-state index in [1.165, 1.54) is 0 Å². The van der Waals surface area contributed by atoms with Crippen molar-refractivity contribution in [1.82, 2.24) is 0 Å². The highest BCUT2D eigenvalue weighted by atomic mass is 35.5. The lowest BCUT2D eigenvalue weighted by molar-refractivity contribution is -0.145. The highest BCUT2D eigenvalue weighted by molar-refractivity contribution is 6.32. The first-order chi connectivity index (χ1) is 10.1. The van der Waals surface area contributed by atoms with Gasteiger partial charge in [0, 0.05) is 17.5 Å². The molecular weight excluding hydrogens is 292 g/mol. The van der Waals surface area contributed by atoms with Crippen LogP contribution in [0.3, 0.4) is 0 Å². The fraction of sp³-hybridized carbons (Fsp3) is 0.562. The minimum atomic E-state index is -0.889. The Balaban J connectivity index is 2.07. The molecule has 114 valence electrons. The molecule has 1 aliphatic carbocycles. The van der Waals surface area contributed by atoms with Crippen LogP contribution in [0.15, 0.2) is 12.1 Å². The highest BCUT2D eigenvalue weighted by Crippen LogP contribution is 2.46. The Hall–Kier alpha value is -1.42. The topological polar surface area (TPSA) is 55.8 Å². The molecule has 1 saturated carbocycles. The molecule has 0 radical (unpaired) electrons. The Bertz CT molecular complexity index is 549. The maximum atomic E-state index is 11.9. The molecule has 0 atom stereocenters. The molecule has 4 nitrogen and oxygen atoms in total. The maximum Gasteiger partial charge on any atom is 0.314 e. The predicted molar refractivity (Wildman–Crippen MR) is 79.5 cm³/mol. The van der Waals surface area contributed by atoms with Gasteiger partial charge in [-0.15, -0.1) is 0 Å². The lowest BCUT2D eigenvalue weighted by Crippen LogP contribution is -2.38. The van der Waals surface area contributed by atoms with Crippen LogP contribution >= 0.6 is 11.6 Å². The normalized spacial score (nSPS) is 20.6. The Labute approximate surface area is 129 Å². The molecular formula is C16H19ClO4. The summed E-state index contributed by atoms with van der Waals surface area (Å²) in [6.45, 7) is 1.17. The number of hydrogen-bond acceptors (Lipinski definition) is 3. The third kappa shape index (κ3) is 2.57. The van der Waals surface area contributed by atoms with Crippen molar-refractivity contribution < 1.29 is 19.4 Å². The first-order valence-corrected chi connectivity index (χ1v) is 7.84. The molecule has 1 aromatic rings. The fourth-order valence-corrected chi connectivity index (χ4v) is 3.64. The van der Waals surface area contributed by atoms with Gasteiger partial charge in [0.2, 0.25) is 0 Å². The van der Waals surface area contributed by atoms with Crippen LogP contribution in [-0.4, -0.2) is 24.3 Å². The second kappa shape index (κ2) is 5.76. The molecule has 3 rings (SSSR count). The number of ether oxygens (including phenoxy) is 2. The van der Waals surface area contributed by atoms with Gasteiger partial charge < -0.3 is 14.6 Å². The fourth-order valence-electron chi connectivity index (χ4n) is 3.30. The number of hydrogen-bond donors (Lipinski definition) is 1. The number of carbonyl (C=O) groups is 1. The van der Waals surface area contributed by atoms with Crippen molar-refractivity contribution in [3.05, 3.63) is 22.7 Å². The van der Waals surface area contributed by atoms with E-state index in [9.17, 15) is 9.90 Å². The zero-order chi connectivity index (χ0) is 14.9. The Kier molecular flexibility index (Phi) is 3.98. The third-order valence-corrected chi connectivity index (χ3v) is 4.78. The monoisotopic (exact) mass is 310 g/mol. The minimum absolute atomic E-state index is 0.462. The zero-order valence-corrected chi connectivity index (χ0v) is 12.6. The second-order valence-electron chi connectivity index (χ2n) is 5.78. The molecule has 0 saturated heterocycles. The van der Waals surface area contributed by atoms with Crippen molar-refractivity contribution >= 4 is 17.6 Å². The molecule has 1 N–H and O–H groups in total. The maximum absolute atomic E-state index is 11.9. The SMILES string of the molecule is O=C(O)C1(c2cc3c(cc2Cl)OCCCO3)CCCCC1. The Morgan fingerprint density at radius 1 is 1.05 bits per heavy atom. The summed E-state index contributed by atoms with van der Waals surface area (Å²) in [5.74, 6) is 0.425. The molecule has 1 aromatic carbocycles. The summed E-state index contributed by atoms with van der Waals surface area (Å²) >= 11 is 6.38. The van der Waals surface area contributed by atoms with Crippen LogP contribution in [0.5, 0.6) is 11.5 Å². The van der Waals surface area contributed by atoms with Crippen molar-refractivity contribution in [1.29, 1.82) is 0 Å². The van der Waals surface area contributed by atoms with E-state index in [4.69, 9.17) is 21.1 Å². The zero-order valence-electron chi connectivity index (χ0n) is 11.9. The molecule has 1 aliphatic heterocycles. The van der Waals surface area contributed by atoms with E-state index < -0.39 is 11.4 Å². The van der Waals surface area contributed by atoms with Gasteiger partial charge in [-0.3, -0.25) is 4.79 Å². The smallest absolute Gasteiger partial charge is 0.314 e. The molecule has 21 heavy (non-hydrogen) atoms. The van der Waals surface area contributed by atoms with E-state index in [1.807, 2.05) is 0 Å². The summed E-state index contributed by atoms with van der Waals surface area (Å²) in [5, 5.41) is 10.3. The van der Waals surface area contributed by atoms with E-state index in [2.05, 4.69) is 0 Å². The van der Waals surface area contributed by atoms with Gasteiger partial charge >= 0.3 is 5.97 Å². The van der Waals surface area contributed by atoms with Crippen molar-refractivity contribution in [2.24, 2.45) is 0 Å². The summed E-state index contributed by atoms with van der Waals surface area (Å²) < 4.78 is 11.3. The summed E-state index contributed by atoms with van der Waals surface area (Å²) in [5.41, 5.74) is -0.222. The summed E-state index contributed by atoms with van der Waals surface area (Å²) in [4.78, 5) is 11.9. The number of carboxylic acid groups (broad SMARTS) is 1. The molecule has 2 aliphatic rings. The van der Waals surface area contributed by atoms with Gasteiger partial charge in [-0.2, -0.15) is 0 Å². The number of aliphatic carboxylic acids is 1. The standard InChI is InChI=1S/C16H19ClO4/c17-12-10-14-13(20-7-4-8-21-14)9-11(12)16(15(18)19)5-2-1-3-6-16/h9-10H,1-8H2,(H,18,19). The van der Waals surface area contributed by atoms with Crippen LogP contribution < -0.4 is 9.47 Å². The molecule has 0 aromatic heterocycles. The Morgan fingerprint density at radius 2 is 1.67 bits per heavy atom. The molecule has 0 amide bonds. The molecule has 1 fully saturated rings. The third-order valence-electron chi connectivity index (χ3n) is 4.47. The number of fused-ring (bicyclic) bond motifs is 1. The van der Waals surface area contributed by atoms with Gasteiger partial charge in [0.05, 0.1) is 18.6 Å². The van der Waals surface area contributed by atoms with Crippen molar-refractivity contribution in [3.63, 3.8) is 0 Å². The van der Waals surface area contributed by atoms with Crippen molar-refractivity contribution in [2.45, 2.75) is 43.9 Å². The van der Waals surface area contributed by atoms with E-state index in [0.29, 0.717) is 48.1 Å². The van der Waals surface area contributed by atoms with E-state index in [1.54, 1.807) is 12.1 Å². The number of halogens is 1. The van der Waals surface area contributed by atoms with Gasteiger partial charge in [0.1, 0.15) is 0 Å². The largest absolute Gasteiger partial charge is 0.490 e. The average Bonchev–Trinajstić information content (AvgIpc) is 2.71. The van der Waals surface area contributed by atoms with Crippen LogP contribution in [0.25, 0.3) is 0 Å². The van der Waals surface area contributed by atoms with Gasteiger partial charge in [-0.05, 0) is 24.5 Å². The average molecular weight is 311 g/mol. The number of rotatable bonds is 2. The van der Waals surface area contributed by atoms with Crippen LogP contribution in [0, 0.1) is 0 Å². The summed E-state index contributed by atoms with van der Waals surface area (Å²) in [7, 11) is 0. The lowest BCUT2D eigenvalue weighted by Gasteiger charge is -2.34. The molecule has 0 unspecified atom stereocenters. The van der Waals surface area contributed by atoms with E-state index >= 15 is 0 Å². The van der Waals surface area contributed by atoms with Crippen molar-refractivity contribution in [3.8, 4) is 11.5 Å². The van der Waals surface area contributed by atoms with Crippen molar-refractivity contribution in [2.75, 3.05) is 13.2 Å². The summed E-state index contributed by atoms with van der Waals surface area (Å²) in [6, 6.07) is 3.49. The minimum Gasteiger partial charge on any atom is -0.490 e.